The topological polar surface area (TPSA) is 78.0 Å². The third-order valence-corrected chi connectivity index (χ3v) is 5.82. The maximum Gasteiger partial charge on any atom is 0.233 e. The van der Waals surface area contributed by atoms with E-state index in [9.17, 15) is 4.79 Å². The summed E-state index contributed by atoms with van der Waals surface area (Å²) in [7, 11) is 1.69. The third-order valence-electron chi connectivity index (χ3n) is 5.82. The number of nitrogens with zero attached hydrogens (tertiary/aromatic N) is 2. The Morgan fingerprint density at radius 1 is 1.18 bits per heavy atom. The van der Waals surface area contributed by atoms with Crippen molar-refractivity contribution in [2.24, 2.45) is 4.99 Å². The average molecular weight is 396 g/mol. The van der Waals surface area contributed by atoms with Crippen molar-refractivity contribution in [2.75, 3.05) is 46.4 Å². The molecule has 7 heteroatoms. The average Bonchev–Trinajstić information content (AvgIpc) is 2.73. The van der Waals surface area contributed by atoms with Gasteiger partial charge in [-0.15, -0.1) is 0 Å². The molecule has 1 saturated carbocycles. The van der Waals surface area contributed by atoms with Crippen LogP contribution in [-0.4, -0.2) is 74.8 Å². The maximum atomic E-state index is 11.6. The lowest BCUT2D eigenvalue weighted by atomic mass is 9.84. The summed E-state index contributed by atoms with van der Waals surface area (Å²) in [6, 6.07) is 0.401. The molecule has 28 heavy (non-hydrogen) atoms. The zero-order valence-corrected chi connectivity index (χ0v) is 18.2. The highest BCUT2D eigenvalue weighted by Gasteiger charge is 2.33. The van der Waals surface area contributed by atoms with Gasteiger partial charge in [-0.2, -0.15) is 0 Å². The van der Waals surface area contributed by atoms with Crippen LogP contribution in [0.4, 0.5) is 0 Å². The van der Waals surface area contributed by atoms with Crippen LogP contribution in [0.2, 0.25) is 0 Å². The number of carbonyl (C=O) groups excluding carboxylic acids is 1. The van der Waals surface area contributed by atoms with Crippen molar-refractivity contribution in [1.29, 1.82) is 0 Å². The largest absolute Gasteiger partial charge is 0.373 e. The lowest BCUT2D eigenvalue weighted by Crippen LogP contribution is -2.50. The Balaban J connectivity index is 1.88. The Bertz CT molecular complexity index is 483. The van der Waals surface area contributed by atoms with Gasteiger partial charge in [0.1, 0.15) is 0 Å². The fourth-order valence-electron chi connectivity index (χ4n) is 4.12. The standard InChI is InChI=1S/C21H41N5O2/c1-4-15-28-21(11-7-6-8-12-21)17-24-20(23-5-2)25-18-9-13-26(14-10-18)16-19(27)22-3/h18H,4-17H2,1-3H3,(H,22,27)(H2,23,24,25). The van der Waals surface area contributed by atoms with Crippen LogP contribution in [0.25, 0.3) is 0 Å². The van der Waals surface area contributed by atoms with Crippen molar-refractivity contribution in [3.05, 3.63) is 0 Å². The Hall–Kier alpha value is -1.34. The van der Waals surface area contributed by atoms with E-state index in [1.807, 2.05) is 0 Å². The summed E-state index contributed by atoms with van der Waals surface area (Å²) in [5.74, 6) is 0.989. The molecule has 0 aromatic rings. The number of hydrogen-bond acceptors (Lipinski definition) is 4. The molecule has 162 valence electrons. The van der Waals surface area contributed by atoms with Gasteiger partial charge in [0, 0.05) is 39.3 Å². The van der Waals surface area contributed by atoms with E-state index in [0.717, 1.165) is 70.8 Å². The third kappa shape index (κ3) is 7.59. The summed E-state index contributed by atoms with van der Waals surface area (Å²) in [4.78, 5) is 18.7. The molecule has 1 heterocycles. The Kier molecular flexibility index (Phi) is 10.1. The predicted octanol–water partition coefficient (Wildman–Crippen LogP) is 1.88. The zero-order valence-electron chi connectivity index (χ0n) is 18.2. The van der Waals surface area contributed by atoms with Crippen LogP contribution in [-0.2, 0) is 9.53 Å². The van der Waals surface area contributed by atoms with Crippen LogP contribution >= 0.6 is 0 Å². The highest BCUT2D eigenvalue weighted by Crippen LogP contribution is 2.32. The fourth-order valence-corrected chi connectivity index (χ4v) is 4.12. The molecule has 2 fully saturated rings. The Morgan fingerprint density at radius 3 is 2.50 bits per heavy atom. The van der Waals surface area contributed by atoms with Crippen molar-refractivity contribution in [3.63, 3.8) is 0 Å². The van der Waals surface area contributed by atoms with Gasteiger partial charge in [0.05, 0.1) is 18.7 Å². The molecule has 0 aromatic heterocycles. The molecule has 1 saturated heterocycles. The number of aliphatic imine (C=N–C) groups is 1. The van der Waals surface area contributed by atoms with E-state index >= 15 is 0 Å². The number of ether oxygens (including phenoxy) is 1. The van der Waals surface area contributed by atoms with Gasteiger partial charge >= 0.3 is 0 Å². The number of amides is 1. The van der Waals surface area contributed by atoms with Gasteiger partial charge < -0.3 is 20.7 Å². The summed E-state index contributed by atoms with van der Waals surface area (Å²) in [5, 5.41) is 9.72. The highest BCUT2D eigenvalue weighted by molar-refractivity contribution is 5.80. The molecular formula is C21H41N5O2. The second-order valence-corrected chi connectivity index (χ2v) is 8.16. The summed E-state index contributed by atoms with van der Waals surface area (Å²) < 4.78 is 6.29. The first kappa shape index (κ1) is 22.9. The van der Waals surface area contributed by atoms with E-state index in [1.165, 1.54) is 19.3 Å². The van der Waals surface area contributed by atoms with Gasteiger partial charge in [-0.05, 0) is 39.0 Å². The minimum Gasteiger partial charge on any atom is -0.373 e. The Morgan fingerprint density at radius 2 is 1.89 bits per heavy atom. The van der Waals surface area contributed by atoms with Gasteiger partial charge in [-0.25, -0.2) is 0 Å². The number of likely N-dealkylation sites (tertiary alicyclic amines) is 1. The van der Waals surface area contributed by atoms with Crippen molar-refractivity contribution >= 4 is 11.9 Å². The van der Waals surface area contributed by atoms with Crippen molar-refractivity contribution < 1.29 is 9.53 Å². The van der Waals surface area contributed by atoms with Gasteiger partial charge in [0.15, 0.2) is 5.96 Å². The number of likely N-dealkylation sites (N-methyl/N-ethyl adjacent to an activating group) is 1. The number of guanidine groups is 1. The van der Waals surface area contributed by atoms with Crippen LogP contribution in [0.1, 0.15) is 65.2 Å². The number of nitrogens with one attached hydrogen (secondary N) is 3. The van der Waals surface area contributed by atoms with Crippen LogP contribution in [0, 0.1) is 0 Å². The van der Waals surface area contributed by atoms with Crippen LogP contribution in [0.5, 0.6) is 0 Å². The number of hydrogen-bond donors (Lipinski definition) is 3. The van der Waals surface area contributed by atoms with Crippen molar-refractivity contribution in [2.45, 2.75) is 76.9 Å². The molecule has 1 aliphatic heterocycles. The normalized spacial score (nSPS) is 21.3. The summed E-state index contributed by atoms with van der Waals surface area (Å²) >= 11 is 0. The fraction of sp³-hybridized carbons (Fsp3) is 0.905. The first-order valence-electron chi connectivity index (χ1n) is 11.2. The molecule has 7 nitrogen and oxygen atoms in total. The number of rotatable bonds is 9. The second kappa shape index (κ2) is 12.3. The molecule has 0 radical (unpaired) electrons. The highest BCUT2D eigenvalue weighted by atomic mass is 16.5. The van der Waals surface area contributed by atoms with Gasteiger partial charge in [-0.1, -0.05) is 26.2 Å². The van der Waals surface area contributed by atoms with E-state index in [2.05, 4.69) is 34.7 Å². The van der Waals surface area contributed by atoms with Crippen molar-refractivity contribution in [3.8, 4) is 0 Å². The van der Waals surface area contributed by atoms with Crippen molar-refractivity contribution in [1.82, 2.24) is 20.9 Å². The van der Waals surface area contributed by atoms with Gasteiger partial charge in [0.2, 0.25) is 5.91 Å². The minimum absolute atomic E-state index is 0.0759. The van der Waals surface area contributed by atoms with E-state index in [-0.39, 0.29) is 11.5 Å². The molecule has 0 spiro atoms. The number of carbonyl (C=O) groups is 1. The molecule has 2 rings (SSSR count). The van der Waals surface area contributed by atoms with E-state index in [1.54, 1.807) is 7.05 Å². The van der Waals surface area contributed by atoms with Crippen LogP contribution in [0.15, 0.2) is 4.99 Å². The second-order valence-electron chi connectivity index (χ2n) is 8.16. The van der Waals surface area contributed by atoms with Crippen LogP contribution < -0.4 is 16.0 Å². The molecule has 0 atom stereocenters. The molecule has 3 N–H and O–H groups in total. The molecule has 0 unspecified atom stereocenters. The molecular weight excluding hydrogens is 354 g/mol. The molecule has 0 bridgehead atoms. The van der Waals surface area contributed by atoms with Gasteiger partial charge in [-0.3, -0.25) is 14.7 Å². The maximum absolute atomic E-state index is 11.6. The lowest BCUT2D eigenvalue weighted by Gasteiger charge is -2.36. The molecule has 1 amide bonds. The zero-order chi connectivity index (χ0) is 20.2. The molecule has 2 aliphatic rings. The van der Waals surface area contributed by atoms with E-state index < -0.39 is 0 Å². The summed E-state index contributed by atoms with van der Waals surface area (Å²) in [5.41, 5.74) is -0.0759. The minimum atomic E-state index is -0.0759. The van der Waals surface area contributed by atoms with E-state index in [0.29, 0.717) is 12.6 Å². The predicted molar refractivity (Wildman–Crippen MR) is 115 cm³/mol. The Labute approximate surface area is 171 Å². The molecule has 1 aliphatic carbocycles. The lowest BCUT2D eigenvalue weighted by molar-refractivity contribution is -0.122. The smallest absolute Gasteiger partial charge is 0.233 e. The first-order valence-corrected chi connectivity index (χ1v) is 11.2. The van der Waals surface area contributed by atoms with E-state index in [4.69, 9.17) is 9.73 Å². The summed E-state index contributed by atoms with van der Waals surface area (Å²) in [6.45, 7) is 9.05. The quantitative estimate of drug-likeness (QED) is 0.410. The summed E-state index contributed by atoms with van der Waals surface area (Å²) in [6.07, 6.45) is 9.14. The van der Waals surface area contributed by atoms with Gasteiger partial charge in [0.25, 0.3) is 0 Å². The monoisotopic (exact) mass is 395 g/mol. The number of piperidine rings is 1. The SMILES string of the molecule is CCCOC1(CN=C(NCC)NC2CCN(CC(=O)NC)CC2)CCCCC1. The molecule has 0 aromatic carbocycles. The first-order chi connectivity index (χ1) is 13.6. The van der Waals surface area contributed by atoms with Crippen LogP contribution in [0.3, 0.4) is 0 Å².